The summed E-state index contributed by atoms with van der Waals surface area (Å²) in [6.07, 6.45) is 1.37. The van der Waals surface area contributed by atoms with Crippen molar-refractivity contribution in [3.63, 3.8) is 0 Å². The number of rotatable bonds is 5. The summed E-state index contributed by atoms with van der Waals surface area (Å²) in [5, 5.41) is 9.49. The van der Waals surface area contributed by atoms with E-state index in [0.717, 1.165) is 0 Å². The van der Waals surface area contributed by atoms with E-state index in [-0.39, 0.29) is 17.9 Å². The van der Waals surface area contributed by atoms with Gasteiger partial charge in [-0.05, 0) is 48.9 Å². The van der Waals surface area contributed by atoms with Gasteiger partial charge in [0.1, 0.15) is 17.4 Å². The van der Waals surface area contributed by atoms with Crippen LogP contribution in [0.25, 0.3) is 6.08 Å². The molecule has 25 heavy (non-hydrogen) atoms. The zero-order chi connectivity index (χ0) is 18.2. The van der Waals surface area contributed by atoms with Gasteiger partial charge in [0.2, 0.25) is 0 Å². The van der Waals surface area contributed by atoms with Crippen molar-refractivity contribution in [3.8, 4) is 11.8 Å². The fraction of sp³-hybridized carbons (Fsp3) is 0.105. The third kappa shape index (κ3) is 5.20. The lowest BCUT2D eigenvalue weighted by atomic mass is 10.1. The Balaban J connectivity index is 2.20. The standard InChI is InChI=1S/C19H14ClNO4/c1-2-24-18(22)15(12-21)9-13-5-3-8-17(10-13)25-19(23)14-6-4-7-16(20)11-14/h3-11H,2H2,1H3/b15-9+. The first-order chi connectivity index (χ1) is 12.0. The number of hydrogen-bond donors (Lipinski definition) is 0. The van der Waals surface area contributed by atoms with E-state index in [4.69, 9.17) is 26.3 Å². The number of benzene rings is 2. The van der Waals surface area contributed by atoms with Crippen molar-refractivity contribution >= 4 is 29.6 Å². The number of carbonyl (C=O) groups is 2. The number of ether oxygens (including phenoxy) is 2. The van der Waals surface area contributed by atoms with E-state index in [1.165, 1.54) is 12.1 Å². The van der Waals surface area contributed by atoms with E-state index in [2.05, 4.69) is 0 Å². The number of nitriles is 1. The lowest BCUT2D eigenvalue weighted by Gasteiger charge is -2.06. The average molecular weight is 356 g/mol. The first kappa shape index (κ1) is 18.2. The smallest absolute Gasteiger partial charge is 0.348 e. The highest BCUT2D eigenvalue weighted by molar-refractivity contribution is 6.30. The highest BCUT2D eigenvalue weighted by atomic mass is 35.5. The predicted molar refractivity (Wildman–Crippen MR) is 93.1 cm³/mol. The molecule has 0 aliphatic carbocycles. The number of nitrogens with zero attached hydrogens (tertiary/aromatic N) is 1. The van der Waals surface area contributed by atoms with Crippen LogP contribution in [-0.4, -0.2) is 18.5 Å². The minimum absolute atomic E-state index is 0.139. The van der Waals surface area contributed by atoms with Gasteiger partial charge in [0.15, 0.2) is 0 Å². The molecule has 0 fully saturated rings. The molecule has 0 heterocycles. The molecule has 0 bridgehead atoms. The summed E-state index contributed by atoms with van der Waals surface area (Å²) >= 11 is 5.86. The largest absolute Gasteiger partial charge is 0.462 e. The molecular weight excluding hydrogens is 342 g/mol. The maximum absolute atomic E-state index is 12.1. The fourth-order valence-electron chi connectivity index (χ4n) is 1.96. The van der Waals surface area contributed by atoms with Crippen molar-refractivity contribution in [1.29, 1.82) is 5.26 Å². The Morgan fingerprint density at radius 3 is 2.64 bits per heavy atom. The summed E-state index contributed by atoms with van der Waals surface area (Å²) in [4.78, 5) is 23.8. The van der Waals surface area contributed by atoms with Crippen LogP contribution in [0.4, 0.5) is 0 Å². The molecule has 6 heteroatoms. The van der Waals surface area contributed by atoms with Gasteiger partial charge in [-0.1, -0.05) is 29.8 Å². The van der Waals surface area contributed by atoms with Gasteiger partial charge < -0.3 is 9.47 Å². The Hall–Kier alpha value is -3.10. The third-order valence-electron chi connectivity index (χ3n) is 3.06. The SMILES string of the molecule is CCOC(=O)/C(C#N)=C/c1cccc(OC(=O)c2cccc(Cl)c2)c1. The molecule has 0 radical (unpaired) electrons. The van der Waals surface area contributed by atoms with Gasteiger partial charge in [-0.15, -0.1) is 0 Å². The van der Waals surface area contributed by atoms with Gasteiger partial charge >= 0.3 is 11.9 Å². The van der Waals surface area contributed by atoms with Crippen molar-refractivity contribution in [1.82, 2.24) is 0 Å². The number of esters is 2. The summed E-state index contributed by atoms with van der Waals surface area (Å²) in [6, 6.07) is 14.6. The lowest BCUT2D eigenvalue weighted by molar-refractivity contribution is -0.137. The molecule has 2 aromatic rings. The first-order valence-electron chi connectivity index (χ1n) is 7.40. The van der Waals surface area contributed by atoms with Gasteiger partial charge in [0.25, 0.3) is 0 Å². The summed E-state index contributed by atoms with van der Waals surface area (Å²) in [6.45, 7) is 1.83. The van der Waals surface area contributed by atoms with Crippen molar-refractivity contribution in [3.05, 3.63) is 70.3 Å². The zero-order valence-electron chi connectivity index (χ0n) is 13.4. The maximum Gasteiger partial charge on any atom is 0.348 e. The molecule has 2 rings (SSSR count). The zero-order valence-corrected chi connectivity index (χ0v) is 14.1. The third-order valence-corrected chi connectivity index (χ3v) is 3.29. The molecule has 0 N–H and O–H groups in total. The van der Waals surface area contributed by atoms with Gasteiger partial charge in [-0.25, -0.2) is 9.59 Å². The minimum atomic E-state index is -0.702. The number of carbonyl (C=O) groups excluding carboxylic acids is 2. The van der Waals surface area contributed by atoms with E-state index < -0.39 is 11.9 Å². The van der Waals surface area contributed by atoms with Gasteiger partial charge in [-0.2, -0.15) is 5.26 Å². The second-order valence-corrected chi connectivity index (χ2v) is 5.30. The van der Waals surface area contributed by atoms with Crippen molar-refractivity contribution in [2.45, 2.75) is 6.92 Å². The first-order valence-corrected chi connectivity index (χ1v) is 7.78. The molecule has 0 aromatic heterocycles. The molecule has 0 spiro atoms. The Morgan fingerprint density at radius 1 is 1.20 bits per heavy atom. The fourth-order valence-corrected chi connectivity index (χ4v) is 2.15. The summed E-state index contributed by atoms with van der Waals surface area (Å²) in [5.41, 5.74) is 0.707. The Labute approximate surface area is 150 Å². The summed E-state index contributed by atoms with van der Waals surface area (Å²) in [5.74, 6) is -0.985. The van der Waals surface area contributed by atoms with Gasteiger partial charge in [0.05, 0.1) is 12.2 Å². The van der Waals surface area contributed by atoms with Crippen molar-refractivity contribution in [2.75, 3.05) is 6.61 Å². The normalized spacial score (nSPS) is 10.7. The Morgan fingerprint density at radius 2 is 1.96 bits per heavy atom. The van der Waals surface area contributed by atoms with Crippen LogP contribution in [-0.2, 0) is 9.53 Å². The molecule has 126 valence electrons. The quantitative estimate of drug-likeness (QED) is 0.350. The predicted octanol–water partition coefficient (Wildman–Crippen LogP) is 4.03. The van der Waals surface area contributed by atoms with Crippen LogP contribution in [0.5, 0.6) is 5.75 Å². The summed E-state index contributed by atoms with van der Waals surface area (Å²) < 4.78 is 10.1. The molecule has 5 nitrogen and oxygen atoms in total. The van der Waals surface area contributed by atoms with Crippen molar-refractivity contribution in [2.24, 2.45) is 0 Å². The summed E-state index contributed by atoms with van der Waals surface area (Å²) in [7, 11) is 0. The molecule has 0 saturated carbocycles. The van der Waals surface area contributed by atoms with Crippen LogP contribution in [0.15, 0.2) is 54.1 Å². The maximum atomic E-state index is 12.1. The number of halogens is 1. The molecule has 0 saturated heterocycles. The Kier molecular flexibility index (Phi) is 6.33. The van der Waals surface area contributed by atoms with Crippen LogP contribution in [0.2, 0.25) is 5.02 Å². The van der Waals surface area contributed by atoms with E-state index in [1.807, 2.05) is 0 Å². The van der Waals surface area contributed by atoms with Gasteiger partial charge in [-0.3, -0.25) is 0 Å². The van der Waals surface area contributed by atoms with Gasteiger partial charge in [0, 0.05) is 5.02 Å². The topological polar surface area (TPSA) is 76.4 Å². The second kappa shape index (κ2) is 8.67. The second-order valence-electron chi connectivity index (χ2n) is 4.86. The average Bonchev–Trinajstić information content (AvgIpc) is 2.60. The molecule has 0 aliphatic heterocycles. The molecule has 0 aliphatic rings. The van der Waals surface area contributed by atoms with Crippen LogP contribution < -0.4 is 4.74 Å². The van der Waals surface area contributed by atoms with Crippen LogP contribution >= 0.6 is 11.6 Å². The lowest BCUT2D eigenvalue weighted by Crippen LogP contribution is -2.08. The monoisotopic (exact) mass is 355 g/mol. The molecule has 0 atom stereocenters. The van der Waals surface area contributed by atoms with E-state index in [0.29, 0.717) is 16.1 Å². The molecule has 2 aromatic carbocycles. The minimum Gasteiger partial charge on any atom is -0.462 e. The molecule has 0 amide bonds. The van der Waals surface area contributed by atoms with E-state index in [9.17, 15) is 9.59 Å². The molecule has 0 unspecified atom stereocenters. The highest BCUT2D eigenvalue weighted by Gasteiger charge is 2.11. The van der Waals surface area contributed by atoms with Crippen molar-refractivity contribution < 1.29 is 19.1 Å². The van der Waals surface area contributed by atoms with E-state index in [1.54, 1.807) is 55.5 Å². The Bertz CT molecular complexity index is 868. The highest BCUT2D eigenvalue weighted by Crippen LogP contribution is 2.19. The van der Waals surface area contributed by atoms with Crippen LogP contribution in [0, 0.1) is 11.3 Å². The van der Waals surface area contributed by atoms with Crippen LogP contribution in [0.3, 0.4) is 0 Å². The van der Waals surface area contributed by atoms with Crippen LogP contribution in [0.1, 0.15) is 22.8 Å². The number of hydrogen-bond acceptors (Lipinski definition) is 5. The molecular formula is C19H14ClNO4. The van der Waals surface area contributed by atoms with E-state index >= 15 is 0 Å².